The quantitative estimate of drug-likeness (QED) is 0.429. The molecule has 0 bridgehead atoms. The standard InChI is InChI=1S/C28H28N4O/c1-20-9-4-6-11-24(20)29-28(33)32-19-22-10-5-7-12-25(22)31-18-8-13-26(31)27(32)21-14-16-23(17-15-21)30(2)3/h4-18,27H,19H2,1-3H3,(H,29,33). The van der Waals surface area contributed by atoms with Gasteiger partial charge in [0.2, 0.25) is 0 Å². The van der Waals surface area contributed by atoms with Crippen LogP contribution in [0.15, 0.2) is 91.1 Å². The van der Waals surface area contributed by atoms with Crippen LogP contribution in [0.25, 0.3) is 5.69 Å². The molecule has 0 aliphatic carbocycles. The van der Waals surface area contributed by atoms with E-state index < -0.39 is 0 Å². The Morgan fingerprint density at radius 1 is 0.909 bits per heavy atom. The number of aryl methyl sites for hydroxylation is 1. The van der Waals surface area contributed by atoms with Gasteiger partial charge in [-0.15, -0.1) is 0 Å². The van der Waals surface area contributed by atoms with Crippen LogP contribution in [-0.2, 0) is 6.54 Å². The van der Waals surface area contributed by atoms with Crippen LogP contribution in [0.5, 0.6) is 0 Å². The maximum absolute atomic E-state index is 13.8. The van der Waals surface area contributed by atoms with Crippen molar-refractivity contribution in [3.8, 4) is 5.69 Å². The largest absolute Gasteiger partial charge is 0.378 e. The van der Waals surface area contributed by atoms with Gasteiger partial charge in [-0.1, -0.05) is 48.5 Å². The number of nitrogens with one attached hydrogen (secondary N) is 1. The fraction of sp³-hybridized carbons (Fsp3) is 0.179. The third-order valence-electron chi connectivity index (χ3n) is 6.34. The van der Waals surface area contributed by atoms with E-state index in [1.165, 1.54) is 0 Å². The van der Waals surface area contributed by atoms with E-state index >= 15 is 0 Å². The first-order valence-electron chi connectivity index (χ1n) is 11.2. The zero-order valence-corrected chi connectivity index (χ0v) is 19.2. The Bertz CT molecular complexity index is 1290. The molecule has 5 rings (SSSR count). The molecule has 1 aliphatic heterocycles. The molecule has 0 saturated heterocycles. The van der Waals surface area contributed by atoms with Crippen molar-refractivity contribution in [2.75, 3.05) is 24.3 Å². The van der Waals surface area contributed by atoms with Gasteiger partial charge in [-0.2, -0.15) is 0 Å². The normalized spacial score (nSPS) is 14.8. The van der Waals surface area contributed by atoms with Crippen molar-refractivity contribution >= 4 is 17.4 Å². The first-order chi connectivity index (χ1) is 16.0. The Morgan fingerprint density at radius 3 is 2.39 bits per heavy atom. The van der Waals surface area contributed by atoms with Gasteiger partial charge in [0.05, 0.1) is 18.3 Å². The second kappa shape index (κ2) is 8.51. The second-order valence-corrected chi connectivity index (χ2v) is 8.69. The van der Waals surface area contributed by atoms with Crippen LogP contribution in [0.2, 0.25) is 0 Å². The van der Waals surface area contributed by atoms with Gasteiger partial charge in [0.1, 0.15) is 0 Å². The SMILES string of the molecule is Cc1ccccc1NC(=O)N1Cc2ccccc2-n2cccc2C1c1ccc(N(C)C)cc1. The molecule has 2 heterocycles. The van der Waals surface area contributed by atoms with Crippen LogP contribution in [0, 0.1) is 6.92 Å². The van der Waals surface area contributed by atoms with Gasteiger partial charge in [-0.3, -0.25) is 0 Å². The maximum atomic E-state index is 13.8. The molecule has 1 atom stereocenters. The topological polar surface area (TPSA) is 40.5 Å². The molecule has 1 unspecified atom stereocenters. The molecule has 1 N–H and O–H groups in total. The van der Waals surface area contributed by atoms with E-state index in [9.17, 15) is 4.79 Å². The molecule has 0 fully saturated rings. The third kappa shape index (κ3) is 3.87. The molecule has 5 heteroatoms. The molecule has 4 aromatic rings. The Balaban J connectivity index is 1.62. The van der Waals surface area contributed by atoms with Crippen molar-refractivity contribution in [3.63, 3.8) is 0 Å². The van der Waals surface area contributed by atoms with E-state index in [-0.39, 0.29) is 12.1 Å². The van der Waals surface area contributed by atoms with E-state index in [2.05, 4.69) is 69.5 Å². The van der Waals surface area contributed by atoms with Gasteiger partial charge in [0, 0.05) is 37.4 Å². The Morgan fingerprint density at radius 2 is 1.64 bits per heavy atom. The third-order valence-corrected chi connectivity index (χ3v) is 6.34. The summed E-state index contributed by atoms with van der Waals surface area (Å²) in [7, 11) is 4.06. The number of carbonyl (C=O) groups is 1. The molecule has 0 radical (unpaired) electrons. The van der Waals surface area contributed by atoms with E-state index in [4.69, 9.17) is 0 Å². The molecule has 0 saturated carbocycles. The summed E-state index contributed by atoms with van der Waals surface area (Å²) in [5, 5.41) is 3.16. The van der Waals surface area contributed by atoms with Gasteiger partial charge in [-0.05, 0) is 60.0 Å². The highest BCUT2D eigenvalue weighted by Gasteiger charge is 2.33. The predicted octanol–water partition coefficient (Wildman–Crippen LogP) is 5.99. The summed E-state index contributed by atoms with van der Waals surface area (Å²) in [5.41, 5.74) is 7.36. The summed E-state index contributed by atoms with van der Waals surface area (Å²) >= 11 is 0. The Kier molecular flexibility index (Phi) is 5.38. The van der Waals surface area contributed by atoms with Crippen molar-refractivity contribution in [1.82, 2.24) is 9.47 Å². The number of amides is 2. The van der Waals surface area contributed by atoms with Crippen LogP contribution < -0.4 is 10.2 Å². The average Bonchev–Trinajstić information content (AvgIpc) is 3.25. The average molecular weight is 437 g/mol. The van der Waals surface area contributed by atoms with Gasteiger partial charge in [0.25, 0.3) is 0 Å². The lowest BCUT2D eigenvalue weighted by molar-refractivity contribution is 0.194. The van der Waals surface area contributed by atoms with E-state index in [1.807, 2.05) is 62.3 Å². The summed E-state index contributed by atoms with van der Waals surface area (Å²) in [6.07, 6.45) is 2.08. The van der Waals surface area contributed by atoms with Gasteiger partial charge in [-0.25, -0.2) is 4.79 Å². The summed E-state index contributed by atoms with van der Waals surface area (Å²) in [5.74, 6) is 0. The van der Waals surface area contributed by atoms with E-state index in [0.29, 0.717) is 6.54 Å². The van der Waals surface area contributed by atoms with Crippen molar-refractivity contribution in [2.45, 2.75) is 19.5 Å². The lowest BCUT2D eigenvalue weighted by atomic mass is 10.0. The number of anilines is 2. The highest BCUT2D eigenvalue weighted by atomic mass is 16.2. The van der Waals surface area contributed by atoms with Crippen LogP contribution in [0.1, 0.15) is 28.4 Å². The minimum Gasteiger partial charge on any atom is -0.378 e. The molecule has 5 nitrogen and oxygen atoms in total. The zero-order valence-electron chi connectivity index (χ0n) is 19.2. The Hall–Kier alpha value is -3.99. The molecule has 33 heavy (non-hydrogen) atoms. The molecular formula is C28H28N4O. The number of benzene rings is 3. The number of fused-ring (bicyclic) bond motifs is 3. The molecular weight excluding hydrogens is 408 g/mol. The maximum Gasteiger partial charge on any atom is 0.322 e. The predicted molar refractivity (Wildman–Crippen MR) is 134 cm³/mol. The van der Waals surface area contributed by atoms with Crippen molar-refractivity contribution < 1.29 is 4.79 Å². The van der Waals surface area contributed by atoms with Gasteiger partial charge in [0.15, 0.2) is 0 Å². The fourth-order valence-electron chi connectivity index (χ4n) is 4.55. The first-order valence-corrected chi connectivity index (χ1v) is 11.2. The number of rotatable bonds is 3. The first kappa shape index (κ1) is 20.9. The number of hydrogen-bond donors (Lipinski definition) is 1. The Labute approximate surface area is 194 Å². The van der Waals surface area contributed by atoms with Gasteiger partial charge < -0.3 is 19.7 Å². The lowest BCUT2D eigenvalue weighted by Crippen LogP contribution is -2.38. The van der Waals surface area contributed by atoms with Crippen molar-refractivity contribution in [1.29, 1.82) is 0 Å². The number of carbonyl (C=O) groups excluding carboxylic acids is 1. The summed E-state index contributed by atoms with van der Waals surface area (Å²) in [6.45, 7) is 2.52. The molecule has 2 amide bonds. The summed E-state index contributed by atoms with van der Waals surface area (Å²) < 4.78 is 2.21. The van der Waals surface area contributed by atoms with Gasteiger partial charge >= 0.3 is 6.03 Å². The molecule has 1 aromatic heterocycles. The second-order valence-electron chi connectivity index (χ2n) is 8.69. The van der Waals surface area contributed by atoms with E-state index in [1.54, 1.807) is 0 Å². The minimum atomic E-state index is -0.229. The minimum absolute atomic E-state index is 0.115. The number of hydrogen-bond acceptors (Lipinski definition) is 2. The summed E-state index contributed by atoms with van der Waals surface area (Å²) in [4.78, 5) is 17.8. The highest BCUT2D eigenvalue weighted by Crippen LogP contribution is 2.37. The van der Waals surface area contributed by atoms with Crippen molar-refractivity contribution in [2.24, 2.45) is 0 Å². The van der Waals surface area contributed by atoms with Crippen LogP contribution in [0.4, 0.5) is 16.2 Å². The zero-order chi connectivity index (χ0) is 22.9. The highest BCUT2D eigenvalue weighted by molar-refractivity contribution is 5.91. The van der Waals surface area contributed by atoms with E-state index in [0.717, 1.165) is 39.4 Å². The molecule has 166 valence electrons. The number of nitrogens with zero attached hydrogens (tertiary/aromatic N) is 3. The fourth-order valence-corrected chi connectivity index (χ4v) is 4.55. The molecule has 0 spiro atoms. The molecule has 3 aromatic carbocycles. The number of aromatic nitrogens is 1. The number of urea groups is 1. The smallest absolute Gasteiger partial charge is 0.322 e. The van der Waals surface area contributed by atoms with Crippen LogP contribution in [-0.4, -0.2) is 29.6 Å². The van der Waals surface area contributed by atoms with Crippen LogP contribution in [0.3, 0.4) is 0 Å². The number of para-hydroxylation sites is 2. The lowest BCUT2D eigenvalue weighted by Gasteiger charge is -2.31. The van der Waals surface area contributed by atoms with Crippen LogP contribution >= 0.6 is 0 Å². The summed E-state index contributed by atoms with van der Waals surface area (Å²) in [6, 6.07) is 28.5. The van der Waals surface area contributed by atoms with Crippen molar-refractivity contribution in [3.05, 3.63) is 114 Å². The molecule has 1 aliphatic rings. The monoisotopic (exact) mass is 436 g/mol.